The lowest BCUT2D eigenvalue weighted by Crippen LogP contribution is -2.35. The van der Waals surface area contributed by atoms with Crippen molar-refractivity contribution in [3.05, 3.63) is 63.7 Å². The van der Waals surface area contributed by atoms with Crippen LogP contribution in [0.2, 0.25) is 0 Å². The maximum absolute atomic E-state index is 12.3. The molecule has 0 saturated heterocycles. The van der Waals surface area contributed by atoms with E-state index in [1.165, 1.54) is 5.56 Å². The summed E-state index contributed by atoms with van der Waals surface area (Å²) >= 11 is 2.22. The molecule has 0 saturated carbocycles. The van der Waals surface area contributed by atoms with Crippen LogP contribution in [-0.2, 0) is 16.1 Å². The van der Waals surface area contributed by atoms with Gasteiger partial charge in [-0.15, -0.1) is 0 Å². The molecule has 0 radical (unpaired) electrons. The van der Waals surface area contributed by atoms with Gasteiger partial charge in [0.15, 0.2) is 0 Å². The van der Waals surface area contributed by atoms with E-state index in [1.807, 2.05) is 42.5 Å². The molecule has 2 aromatic carbocycles. The molecule has 5 heteroatoms. The van der Waals surface area contributed by atoms with Crippen molar-refractivity contribution in [2.45, 2.75) is 6.54 Å². The highest BCUT2D eigenvalue weighted by Gasteiger charge is 2.12. The first kappa shape index (κ1) is 17.9. The smallest absolute Gasteiger partial charge is 0.238 e. The molecule has 0 spiro atoms. The molecule has 0 unspecified atom stereocenters. The van der Waals surface area contributed by atoms with Crippen molar-refractivity contribution in [3.8, 4) is 0 Å². The van der Waals surface area contributed by atoms with Crippen molar-refractivity contribution in [1.82, 2.24) is 4.90 Å². The van der Waals surface area contributed by atoms with Crippen molar-refractivity contribution in [1.29, 1.82) is 0 Å². The Labute approximate surface area is 151 Å². The first-order valence-corrected chi connectivity index (χ1v) is 8.56. The lowest BCUT2D eigenvalue weighted by atomic mass is 10.2. The fraction of sp³-hybridized carbons (Fsp3) is 0.278. The van der Waals surface area contributed by atoms with E-state index in [4.69, 9.17) is 4.74 Å². The lowest BCUT2D eigenvalue weighted by molar-refractivity contribution is -0.117. The molecule has 0 aliphatic heterocycles. The van der Waals surface area contributed by atoms with E-state index >= 15 is 0 Å². The largest absolute Gasteiger partial charge is 0.383 e. The summed E-state index contributed by atoms with van der Waals surface area (Å²) in [7, 11) is 1.67. The van der Waals surface area contributed by atoms with Gasteiger partial charge in [0.05, 0.1) is 18.8 Å². The average molecular weight is 424 g/mol. The van der Waals surface area contributed by atoms with Crippen molar-refractivity contribution in [2.24, 2.45) is 0 Å². The molecule has 0 aliphatic rings. The number of hydrogen-bond acceptors (Lipinski definition) is 3. The zero-order chi connectivity index (χ0) is 16.5. The molecule has 122 valence electrons. The van der Waals surface area contributed by atoms with Gasteiger partial charge in [-0.05, 0) is 40.3 Å². The Morgan fingerprint density at radius 2 is 1.83 bits per heavy atom. The molecule has 1 amide bonds. The molecule has 0 aromatic heterocycles. The van der Waals surface area contributed by atoms with E-state index in [0.29, 0.717) is 19.7 Å². The molecule has 4 nitrogen and oxygen atoms in total. The minimum Gasteiger partial charge on any atom is -0.383 e. The van der Waals surface area contributed by atoms with Crippen LogP contribution in [0.15, 0.2) is 54.6 Å². The van der Waals surface area contributed by atoms with Gasteiger partial charge in [-0.2, -0.15) is 0 Å². The van der Waals surface area contributed by atoms with Gasteiger partial charge >= 0.3 is 0 Å². The Morgan fingerprint density at radius 1 is 1.13 bits per heavy atom. The number of carbonyl (C=O) groups excluding carboxylic acids is 1. The second kappa shape index (κ2) is 9.64. The number of para-hydroxylation sites is 1. The van der Waals surface area contributed by atoms with Gasteiger partial charge in [0.1, 0.15) is 0 Å². The second-order valence-corrected chi connectivity index (χ2v) is 6.38. The van der Waals surface area contributed by atoms with E-state index in [9.17, 15) is 4.79 Å². The topological polar surface area (TPSA) is 41.6 Å². The summed E-state index contributed by atoms with van der Waals surface area (Å²) in [4.78, 5) is 14.4. The van der Waals surface area contributed by atoms with Crippen LogP contribution in [0, 0.1) is 3.57 Å². The molecule has 0 bridgehead atoms. The molecule has 23 heavy (non-hydrogen) atoms. The van der Waals surface area contributed by atoms with Crippen LogP contribution in [-0.4, -0.2) is 37.6 Å². The van der Waals surface area contributed by atoms with Gasteiger partial charge in [0.2, 0.25) is 5.91 Å². The molecule has 0 atom stereocenters. The Balaban J connectivity index is 1.96. The molecule has 2 rings (SSSR count). The molecule has 1 N–H and O–H groups in total. The number of amides is 1. The van der Waals surface area contributed by atoms with E-state index in [2.05, 4.69) is 44.9 Å². The van der Waals surface area contributed by atoms with Gasteiger partial charge < -0.3 is 10.1 Å². The van der Waals surface area contributed by atoms with Crippen LogP contribution in [0.1, 0.15) is 5.56 Å². The first-order valence-electron chi connectivity index (χ1n) is 7.48. The predicted octanol–water partition coefficient (Wildman–Crippen LogP) is 3.38. The minimum atomic E-state index is -0.0128. The molecule has 2 aromatic rings. The number of hydrogen-bond donors (Lipinski definition) is 1. The van der Waals surface area contributed by atoms with Crippen LogP contribution in [0.4, 0.5) is 5.69 Å². The monoisotopic (exact) mass is 424 g/mol. The van der Waals surface area contributed by atoms with Crippen molar-refractivity contribution in [2.75, 3.05) is 32.1 Å². The number of methoxy groups -OCH3 is 1. The van der Waals surface area contributed by atoms with Gasteiger partial charge in [-0.1, -0.05) is 42.5 Å². The Morgan fingerprint density at radius 3 is 2.52 bits per heavy atom. The molecular weight excluding hydrogens is 403 g/mol. The third kappa shape index (κ3) is 6.29. The fourth-order valence-electron chi connectivity index (χ4n) is 2.23. The highest BCUT2D eigenvalue weighted by molar-refractivity contribution is 14.1. The van der Waals surface area contributed by atoms with Crippen molar-refractivity contribution < 1.29 is 9.53 Å². The number of halogens is 1. The number of ether oxygens (including phenoxy) is 1. The molecule has 0 heterocycles. The Bertz CT molecular complexity index is 619. The number of carbonyl (C=O) groups is 1. The standard InChI is InChI=1S/C18H21IN2O2/c1-23-12-11-21(13-15-7-3-2-4-8-15)14-18(22)20-17-10-6-5-9-16(17)19/h2-10H,11-14H2,1H3,(H,20,22). The van der Waals surface area contributed by atoms with Gasteiger partial charge in [0, 0.05) is 23.8 Å². The van der Waals surface area contributed by atoms with Crippen molar-refractivity contribution in [3.63, 3.8) is 0 Å². The maximum Gasteiger partial charge on any atom is 0.238 e. The third-order valence-electron chi connectivity index (χ3n) is 3.38. The van der Waals surface area contributed by atoms with Crippen LogP contribution in [0.5, 0.6) is 0 Å². The van der Waals surface area contributed by atoms with Crippen LogP contribution in [0.3, 0.4) is 0 Å². The third-order valence-corrected chi connectivity index (χ3v) is 4.32. The normalized spacial score (nSPS) is 10.7. The zero-order valence-corrected chi connectivity index (χ0v) is 15.3. The summed E-state index contributed by atoms with van der Waals surface area (Å²) in [6.07, 6.45) is 0. The first-order chi connectivity index (χ1) is 11.2. The second-order valence-electron chi connectivity index (χ2n) is 5.22. The van der Waals surface area contributed by atoms with Crippen LogP contribution < -0.4 is 5.32 Å². The highest BCUT2D eigenvalue weighted by Crippen LogP contribution is 2.16. The van der Waals surface area contributed by atoms with E-state index in [0.717, 1.165) is 15.8 Å². The summed E-state index contributed by atoms with van der Waals surface area (Å²) < 4.78 is 6.19. The number of anilines is 1. The Kier molecular flexibility index (Phi) is 7.51. The van der Waals surface area contributed by atoms with E-state index in [1.54, 1.807) is 7.11 Å². The molecule has 0 aliphatic carbocycles. The fourth-order valence-corrected chi connectivity index (χ4v) is 2.75. The lowest BCUT2D eigenvalue weighted by Gasteiger charge is -2.21. The maximum atomic E-state index is 12.3. The van der Waals surface area contributed by atoms with Crippen LogP contribution >= 0.6 is 22.6 Å². The van der Waals surface area contributed by atoms with E-state index in [-0.39, 0.29) is 5.91 Å². The average Bonchev–Trinajstić information content (AvgIpc) is 2.56. The summed E-state index contributed by atoms with van der Waals surface area (Å²) in [6.45, 7) is 2.38. The summed E-state index contributed by atoms with van der Waals surface area (Å²) in [5.74, 6) is -0.0128. The van der Waals surface area contributed by atoms with Gasteiger partial charge in [-0.25, -0.2) is 0 Å². The van der Waals surface area contributed by atoms with Gasteiger partial charge in [-0.3, -0.25) is 9.69 Å². The minimum absolute atomic E-state index is 0.0128. The summed E-state index contributed by atoms with van der Waals surface area (Å²) in [5, 5.41) is 2.97. The number of nitrogens with zero attached hydrogens (tertiary/aromatic N) is 1. The van der Waals surface area contributed by atoms with Gasteiger partial charge in [0.25, 0.3) is 0 Å². The number of rotatable bonds is 8. The van der Waals surface area contributed by atoms with Crippen molar-refractivity contribution >= 4 is 34.2 Å². The Hall–Kier alpha value is -1.44. The van der Waals surface area contributed by atoms with Crippen LogP contribution in [0.25, 0.3) is 0 Å². The predicted molar refractivity (Wildman–Crippen MR) is 101 cm³/mol. The summed E-state index contributed by atoms with van der Waals surface area (Å²) in [5.41, 5.74) is 2.04. The molecule has 0 fully saturated rings. The number of nitrogens with one attached hydrogen (secondary N) is 1. The molecular formula is C18H21IN2O2. The quantitative estimate of drug-likeness (QED) is 0.661. The zero-order valence-electron chi connectivity index (χ0n) is 13.2. The highest BCUT2D eigenvalue weighted by atomic mass is 127. The number of benzene rings is 2. The van der Waals surface area contributed by atoms with E-state index < -0.39 is 0 Å². The summed E-state index contributed by atoms with van der Waals surface area (Å²) in [6, 6.07) is 17.9. The SMILES string of the molecule is COCCN(CC(=O)Nc1ccccc1I)Cc1ccccc1.